The van der Waals surface area contributed by atoms with Gasteiger partial charge in [0.15, 0.2) is 0 Å². The summed E-state index contributed by atoms with van der Waals surface area (Å²) in [5.74, 6) is -0.136. The van der Waals surface area contributed by atoms with Crippen molar-refractivity contribution in [3.05, 3.63) is 72.2 Å². The van der Waals surface area contributed by atoms with Gasteiger partial charge in [0.1, 0.15) is 12.4 Å². The topological polar surface area (TPSA) is 28.5 Å². The number of nitrogens with zero attached hydrogens (tertiary/aromatic N) is 3. The van der Waals surface area contributed by atoms with Gasteiger partial charge in [-0.15, -0.1) is 0 Å². The van der Waals surface area contributed by atoms with E-state index in [9.17, 15) is 9.18 Å². The standard InChI is InChI=1S/C22H24FN3O/c1-24(14-17-5-3-2-4-6-17)20-10-12-26(15-20)22(27)16-25-11-9-18-13-19(23)7-8-21(18)25/h2-9,11,13,20H,10,12,14-16H2,1H3. The monoisotopic (exact) mass is 365 g/mol. The van der Waals surface area contributed by atoms with E-state index in [1.807, 2.05) is 27.8 Å². The van der Waals surface area contributed by atoms with Crippen LogP contribution in [0.15, 0.2) is 60.8 Å². The zero-order chi connectivity index (χ0) is 18.8. The van der Waals surface area contributed by atoms with Gasteiger partial charge in [0.05, 0.1) is 0 Å². The van der Waals surface area contributed by atoms with Crippen molar-refractivity contribution in [3.8, 4) is 0 Å². The van der Waals surface area contributed by atoms with Crippen LogP contribution in [0.3, 0.4) is 0 Å². The summed E-state index contributed by atoms with van der Waals surface area (Å²) in [5, 5.41) is 0.824. The molecule has 2 aromatic carbocycles. The number of aromatic nitrogens is 1. The SMILES string of the molecule is CN(Cc1ccccc1)C1CCN(C(=O)Cn2ccc3cc(F)ccc32)C1. The zero-order valence-corrected chi connectivity index (χ0v) is 15.5. The number of halogens is 1. The molecular weight excluding hydrogens is 341 g/mol. The highest BCUT2D eigenvalue weighted by molar-refractivity contribution is 5.83. The smallest absolute Gasteiger partial charge is 0.242 e. The van der Waals surface area contributed by atoms with E-state index < -0.39 is 0 Å². The summed E-state index contributed by atoms with van der Waals surface area (Å²) < 4.78 is 15.2. The lowest BCUT2D eigenvalue weighted by Gasteiger charge is -2.25. The first-order valence-corrected chi connectivity index (χ1v) is 9.36. The van der Waals surface area contributed by atoms with E-state index >= 15 is 0 Å². The maximum atomic E-state index is 13.3. The van der Waals surface area contributed by atoms with Crippen molar-refractivity contribution in [2.24, 2.45) is 0 Å². The zero-order valence-electron chi connectivity index (χ0n) is 15.5. The van der Waals surface area contributed by atoms with Crippen LogP contribution in [0, 0.1) is 5.82 Å². The number of likely N-dealkylation sites (N-methyl/N-ethyl adjacent to an activating group) is 1. The van der Waals surface area contributed by atoms with Crippen LogP contribution in [-0.2, 0) is 17.9 Å². The molecule has 1 unspecified atom stereocenters. The van der Waals surface area contributed by atoms with Gasteiger partial charge in [-0.1, -0.05) is 30.3 Å². The Balaban J connectivity index is 1.37. The molecule has 1 aliphatic rings. The van der Waals surface area contributed by atoms with E-state index in [1.54, 1.807) is 6.07 Å². The van der Waals surface area contributed by atoms with E-state index in [4.69, 9.17) is 0 Å². The minimum absolute atomic E-state index is 0.118. The molecule has 1 saturated heterocycles. The van der Waals surface area contributed by atoms with Gasteiger partial charge in [-0.2, -0.15) is 0 Å². The highest BCUT2D eigenvalue weighted by Gasteiger charge is 2.28. The molecule has 4 nitrogen and oxygen atoms in total. The van der Waals surface area contributed by atoms with Crippen LogP contribution >= 0.6 is 0 Å². The third kappa shape index (κ3) is 3.88. The Morgan fingerprint density at radius 1 is 1.19 bits per heavy atom. The fourth-order valence-electron chi connectivity index (χ4n) is 3.88. The number of hydrogen-bond donors (Lipinski definition) is 0. The molecular formula is C22H24FN3O. The molecule has 0 aliphatic carbocycles. The van der Waals surface area contributed by atoms with Crippen LogP contribution in [0.2, 0.25) is 0 Å². The highest BCUT2D eigenvalue weighted by Crippen LogP contribution is 2.20. The first kappa shape index (κ1) is 17.7. The summed E-state index contributed by atoms with van der Waals surface area (Å²) in [5.41, 5.74) is 2.18. The third-order valence-corrected chi connectivity index (χ3v) is 5.45. The molecule has 4 rings (SSSR count). The Labute approximate surface area is 158 Å². The number of benzene rings is 2. The van der Waals surface area contributed by atoms with Gasteiger partial charge in [-0.25, -0.2) is 4.39 Å². The summed E-state index contributed by atoms with van der Waals surface area (Å²) in [4.78, 5) is 17.0. The molecule has 0 N–H and O–H groups in total. The van der Waals surface area contributed by atoms with Crippen LogP contribution in [0.4, 0.5) is 4.39 Å². The van der Waals surface area contributed by atoms with Crippen molar-refractivity contribution in [1.82, 2.24) is 14.4 Å². The molecule has 5 heteroatoms. The largest absolute Gasteiger partial charge is 0.340 e. The van der Waals surface area contributed by atoms with Crippen molar-refractivity contribution in [1.29, 1.82) is 0 Å². The number of carbonyl (C=O) groups excluding carboxylic acids is 1. The second-order valence-corrected chi connectivity index (χ2v) is 7.33. The van der Waals surface area contributed by atoms with Gasteiger partial charge in [0.2, 0.25) is 5.91 Å². The molecule has 2 heterocycles. The number of hydrogen-bond acceptors (Lipinski definition) is 2. The summed E-state index contributed by atoms with van der Waals surface area (Å²) >= 11 is 0. The quantitative estimate of drug-likeness (QED) is 0.692. The normalized spacial score (nSPS) is 17.1. The van der Waals surface area contributed by atoms with E-state index in [-0.39, 0.29) is 11.7 Å². The van der Waals surface area contributed by atoms with Gasteiger partial charge in [-0.3, -0.25) is 9.69 Å². The van der Waals surface area contributed by atoms with Gasteiger partial charge in [-0.05, 0) is 43.3 Å². The maximum absolute atomic E-state index is 13.3. The number of fused-ring (bicyclic) bond motifs is 1. The molecule has 1 aromatic heterocycles. The van der Waals surface area contributed by atoms with Crippen molar-refractivity contribution in [3.63, 3.8) is 0 Å². The lowest BCUT2D eigenvalue weighted by atomic mass is 10.1. The fourth-order valence-corrected chi connectivity index (χ4v) is 3.88. The van der Waals surface area contributed by atoms with E-state index in [1.165, 1.54) is 17.7 Å². The van der Waals surface area contributed by atoms with Gasteiger partial charge >= 0.3 is 0 Å². The predicted molar refractivity (Wildman–Crippen MR) is 105 cm³/mol. The molecule has 140 valence electrons. The molecule has 1 atom stereocenters. The Bertz CT molecular complexity index is 937. The van der Waals surface area contributed by atoms with Crippen molar-refractivity contribution < 1.29 is 9.18 Å². The number of likely N-dealkylation sites (tertiary alicyclic amines) is 1. The van der Waals surface area contributed by atoms with Crippen LogP contribution in [0.1, 0.15) is 12.0 Å². The van der Waals surface area contributed by atoms with E-state index in [0.29, 0.717) is 12.6 Å². The van der Waals surface area contributed by atoms with Crippen molar-refractivity contribution in [2.75, 3.05) is 20.1 Å². The van der Waals surface area contributed by atoms with Crippen LogP contribution in [0.25, 0.3) is 10.9 Å². The molecule has 0 saturated carbocycles. The fraction of sp³-hybridized carbons (Fsp3) is 0.318. The third-order valence-electron chi connectivity index (χ3n) is 5.45. The van der Waals surface area contributed by atoms with Gasteiger partial charge in [0, 0.05) is 42.8 Å². The Hall–Kier alpha value is -2.66. The molecule has 1 fully saturated rings. The second-order valence-electron chi connectivity index (χ2n) is 7.33. The minimum atomic E-state index is -0.254. The number of amides is 1. The van der Waals surface area contributed by atoms with E-state index in [0.717, 1.165) is 37.0 Å². The molecule has 27 heavy (non-hydrogen) atoms. The lowest BCUT2D eigenvalue weighted by molar-refractivity contribution is -0.130. The minimum Gasteiger partial charge on any atom is -0.340 e. The van der Waals surface area contributed by atoms with Crippen molar-refractivity contribution >= 4 is 16.8 Å². The highest BCUT2D eigenvalue weighted by atomic mass is 19.1. The first-order valence-electron chi connectivity index (χ1n) is 9.36. The summed E-state index contributed by atoms with van der Waals surface area (Å²) in [6, 6.07) is 17.3. The van der Waals surface area contributed by atoms with Gasteiger partial charge in [0.25, 0.3) is 0 Å². The first-order chi connectivity index (χ1) is 13.1. The Kier molecular flexibility index (Phi) is 4.94. The predicted octanol–water partition coefficient (Wildman–Crippen LogP) is 3.51. The molecule has 0 radical (unpaired) electrons. The van der Waals surface area contributed by atoms with Crippen LogP contribution in [-0.4, -0.2) is 46.5 Å². The molecule has 0 spiro atoms. The van der Waals surface area contributed by atoms with Crippen molar-refractivity contribution in [2.45, 2.75) is 25.6 Å². The average molecular weight is 365 g/mol. The van der Waals surface area contributed by atoms with Crippen LogP contribution in [0.5, 0.6) is 0 Å². The number of rotatable bonds is 5. The Morgan fingerprint density at radius 3 is 2.81 bits per heavy atom. The second kappa shape index (κ2) is 7.53. The molecule has 1 amide bonds. The number of carbonyl (C=O) groups is 1. The molecule has 3 aromatic rings. The molecule has 1 aliphatic heterocycles. The summed E-state index contributed by atoms with van der Waals surface area (Å²) in [6.07, 6.45) is 2.85. The van der Waals surface area contributed by atoms with Gasteiger partial charge < -0.3 is 9.47 Å². The molecule has 0 bridgehead atoms. The summed E-state index contributed by atoms with van der Waals surface area (Å²) in [7, 11) is 2.12. The van der Waals surface area contributed by atoms with Crippen LogP contribution < -0.4 is 0 Å². The Morgan fingerprint density at radius 2 is 2.00 bits per heavy atom. The maximum Gasteiger partial charge on any atom is 0.242 e. The van der Waals surface area contributed by atoms with E-state index in [2.05, 4.69) is 36.2 Å². The summed E-state index contributed by atoms with van der Waals surface area (Å²) in [6.45, 7) is 2.73. The lowest BCUT2D eigenvalue weighted by Crippen LogP contribution is -2.37. The average Bonchev–Trinajstić information content (AvgIpc) is 3.30.